The number of fused-ring (bicyclic) bond motifs is 1. The molecular formula is C20H22N2O3S. The second-order valence-corrected chi connectivity index (χ2v) is 8.03. The summed E-state index contributed by atoms with van der Waals surface area (Å²) in [6.07, 6.45) is 0.770. The van der Waals surface area contributed by atoms with Gasteiger partial charge in [0.15, 0.2) is 11.0 Å². The van der Waals surface area contributed by atoms with Crippen molar-refractivity contribution in [1.82, 2.24) is 4.90 Å². The van der Waals surface area contributed by atoms with Crippen LogP contribution in [0.2, 0.25) is 0 Å². The van der Waals surface area contributed by atoms with E-state index in [2.05, 4.69) is 0 Å². The third-order valence-electron chi connectivity index (χ3n) is 4.36. The molecule has 2 unspecified atom stereocenters. The molecule has 0 aromatic heterocycles. The maximum Gasteiger partial charge on any atom is 0.251 e. The Kier molecular flexibility index (Phi) is 5.64. The van der Waals surface area contributed by atoms with E-state index in [1.807, 2.05) is 25.1 Å². The largest absolute Gasteiger partial charge is 0.310 e. The number of hydrogen-bond acceptors (Lipinski definition) is 4. The van der Waals surface area contributed by atoms with Gasteiger partial charge in [0, 0.05) is 12.1 Å². The van der Waals surface area contributed by atoms with Crippen molar-refractivity contribution in [3.8, 4) is 0 Å². The van der Waals surface area contributed by atoms with Crippen LogP contribution in [0.1, 0.15) is 16.8 Å². The molecule has 1 amide bonds. The van der Waals surface area contributed by atoms with Gasteiger partial charge in [-0.25, -0.2) is 0 Å². The minimum Gasteiger partial charge on any atom is -0.310 e. The Morgan fingerprint density at radius 1 is 1.08 bits per heavy atom. The number of nitrogens with zero attached hydrogens (tertiary/aromatic N) is 2. The van der Waals surface area contributed by atoms with Crippen LogP contribution in [0.4, 0.5) is 5.69 Å². The molecule has 0 saturated heterocycles. The Labute approximate surface area is 156 Å². The van der Waals surface area contributed by atoms with Crippen molar-refractivity contribution in [1.29, 1.82) is 0 Å². The van der Waals surface area contributed by atoms with E-state index in [-0.39, 0.29) is 11.7 Å². The minimum absolute atomic E-state index is 0.380. The number of amides is 1. The summed E-state index contributed by atoms with van der Waals surface area (Å²) in [6, 6.07) is 15.7. The summed E-state index contributed by atoms with van der Waals surface area (Å²) < 4.78 is 13.0. The minimum atomic E-state index is -1.70. The van der Waals surface area contributed by atoms with Gasteiger partial charge >= 0.3 is 0 Å². The Morgan fingerprint density at radius 3 is 2.42 bits per heavy atom. The van der Waals surface area contributed by atoms with Crippen LogP contribution in [-0.4, -0.2) is 53.2 Å². The van der Waals surface area contributed by atoms with Crippen LogP contribution < -0.4 is 4.90 Å². The van der Waals surface area contributed by atoms with E-state index in [0.29, 0.717) is 22.7 Å². The fourth-order valence-corrected chi connectivity index (χ4v) is 4.56. The lowest BCUT2D eigenvalue weighted by molar-refractivity contribution is -0.117. The number of benzene rings is 2. The predicted molar refractivity (Wildman–Crippen MR) is 103 cm³/mol. The van der Waals surface area contributed by atoms with Gasteiger partial charge in [-0.2, -0.15) is 0 Å². The third-order valence-corrected chi connectivity index (χ3v) is 5.98. The Hall–Kier alpha value is -2.31. The SMILES string of the molecule is CN(C)CCCN1C(=O)C(C(=O)c2ccccc2)S(=O)c2ccccc21. The maximum absolute atomic E-state index is 13.1. The molecule has 2 aromatic rings. The highest BCUT2D eigenvalue weighted by Gasteiger charge is 2.42. The van der Waals surface area contributed by atoms with Gasteiger partial charge in [0.1, 0.15) is 0 Å². The van der Waals surface area contributed by atoms with Gasteiger partial charge in [0.25, 0.3) is 5.91 Å². The molecule has 136 valence electrons. The quantitative estimate of drug-likeness (QED) is 0.579. The van der Waals surface area contributed by atoms with Crippen molar-refractivity contribution in [2.75, 3.05) is 32.1 Å². The Bertz CT molecular complexity index is 836. The molecule has 2 aromatic carbocycles. The van der Waals surface area contributed by atoms with Crippen molar-refractivity contribution in [3.05, 3.63) is 60.2 Å². The first-order valence-corrected chi connectivity index (χ1v) is 9.77. The highest BCUT2D eigenvalue weighted by atomic mass is 32.2. The Balaban J connectivity index is 1.96. The standard InChI is InChI=1S/C20H22N2O3S/c1-21(2)13-8-14-22-16-11-6-7-12-17(16)26(25)19(20(22)24)18(23)15-9-4-3-5-10-15/h3-7,9-12,19H,8,13-14H2,1-2H3. The van der Waals surface area contributed by atoms with Gasteiger partial charge in [0.05, 0.1) is 21.4 Å². The molecular weight excluding hydrogens is 348 g/mol. The molecule has 0 saturated carbocycles. The van der Waals surface area contributed by atoms with Gasteiger partial charge in [-0.1, -0.05) is 42.5 Å². The highest BCUT2D eigenvalue weighted by molar-refractivity contribution is 7.87. The van der Waals surface area contributed by atoms with Gasteiger partial charge in [-0.15, -0.1) is 0 Å². The van der Waals surface area contributed by atoms with Crippen molar-refractivity contribution in [2.45, 2.75) is 16.6 Å². The number of hydrogen-bond donors (Lipinski definition) is 0. The molecule has 6 heteroatoms. The molecule has 0 spiro atoms. The average molecular weight is 370 g/mol. The summed E-state index contributed by atoms with van der Waals surface area (Å²) in [5, 5.41) is -1.19. The number of carbonyl (C=O) groups is 2. The van der Waals surface area contributed by atoms with E-state index in [4.69, 9.17) is 0 Å². The molecule has 0 N–H and O–H groups in total. The van der Waals surface area contributed by atoms with Crippen LogP contribution in [0, 0.1) is 0 Å². The zero-order valence-corrected chi connectivity index (χ0v) is 15.7. The topological polar surface area (TPSA) is 57.7 Å². The highest BCUT2D eigenvalue weighted by Crippen LogP contribution is 2.33. The van der Waals surface area contributed by atoms with E-state index < -0.39 is 16.0 Å². The van der Waals surface area contributed by atoms with E-state index >= 15 is 0 Å². The number of ketones is 1. The fraction of sp³-hybridized carbons (Fsp3) is 0.300. The summed E-state index contributed by atoms with van der Waals surface area (Å²) in [4.78, 5) is 30.2. The molecule has 1 aliphatic rings. The number of para-hydroxylation sites is 1. The smallest absolute Gasteiger partial charge is 0.251 e. The lowest BCUT2D eigenvalue weighted by Gasteiger charge is -2.33. The monoisotopic (exact) mass is 370 g/mol. The fourth-order valence-electron chi connectivity index (χ4n) is 3.07. The van der Waals surface area contributed by atoms with Gasteiger partial charge < -0.3 is 9.80 Å². The van der Waals surface area contributed by atoms with Crippen molar-refractivity contribution < 1.29 is 13.8 Å². The van der Waals surface area contributed by atoms with E-state index in [1.54, 1.807) is 53.4 Å². The number of rotatable bonds is 6. The summed E-state index contributed by atoms with van der Waals surface area (Å²) in [5.41, 5.74) is 1.05. The van der Waals surface area contributed by atoms with Gasteiger partial charge in [0.2, 0.25) is 0 Å². The summed E-state index contributed by atoms with van der Waals surface area (Å²) in [6.45, 7) is 1.32. The first-order valence-electron chi connectivity index (χ1n) is 8.55. The zero-order chi connectivity index (χ0) is 18.7. The summed E-state index contributed by atoms with van der Waals surface area (Å²) >= 11 is 0. The zero-order valence-electron chi connectivity index (χ0n) is 14.9. The molecule has 0 aliphatic carbocycles. The van der Waals surface area contributed by atoms with E-state index in [1.165, 1.54) is 0 Å². The lowest BCUT2D eigenvalue weighted by Crippen LogP contribution is -2.50. The van der Waals surface area contributed by atoms with Crippen LogP contribution in [0.3, 0.4) is 0 Å². The predicted octanol–water partition coefficient (Wildman–Crippen LogP) is 2.34. The molecule has 0 bridgehead atoms. The molecule has 5 nitrogen and oxygen atoms in total. The van der Waals surface area contributed by atoms with Crippen LogP contribution in [0.15, 0.2) is 59.5 Å². The lowest BCUT2D eigenvalue weighted by atomic mass is 10.1. The summed E-state index contributed by atoms with van der Waals surface area (Å²) in [7, 11) is 2.25. The molecule has 3 rings (SSSR count). The maximum atomic E-state index is 13.1. The van der Waals surface area contributed by atoms with Crippen LogP contribution >= 0.6 is 0 Å². The van der Waals surface area contributed by atoms with Crippen molar-refractivity contribution in [3.63, 3.8) is 0 Å². The first-order chi connectivity index (χ1) is 12.5. The van der Waals surface area contributed by atoms with E-state index in [9.17, 15) is 13.8 Å². The second-order valence-electron chi connectivity index (χ2n) is 6.52. The molecule has 1 aliphatic heterocycles. The molecule has 26 heavy (non-hydrogen) atoms. The Morgan fingerprint density at radius 2 is 1.73 bits per heavy atom. The average Bonchev–Trinajstić information content (AvgIpc) is 2.65. The van der Waals surface area contributed by atoms with Crippen molar-refractivity contribution in [2.24, 2.45) is 0 Å². The number of carbonyl (C=O) groups excluding carboxylic acids is 2. The van der Waals surface area contributed by atoms with E-state index in [0.717, 1.165) is 13.0 Å². The number of Topliss-reactive ketones (excluding diaryl/α,β-unsaturated/α-hetero) is 1. The molecule has 0 fully saturated rings. The van der Waals surface area contributed by atoms with Crippen molar-refractivity contribution >= 4 is 28.2 Å². The third kappa shape index (κ3) is 3.61. The summed E-state index contributed by atoms with van der Waals surface area (Å²) in [5.74, 6) is -0.768. The normalized spacial score (nSPS) is 19.5. The second kappa shape index (κ2) is 7.93. The van der Waals surface area contributed by atoms with Crippen LogP contribution in [0.25, 0.3) is 0 Å². The molecule has 0 radical (unpaired) electrons. The first kappa shape index (κ1) is 18.5. The van der Waals surface area contributed by atoms with Crippen LogP contribution in [0.5, 0.6) is 0 Å². The molecule has 1 heterocycles. The molecule has 2 atom stereocenters. The van der Waals surface area contributed by atoms with Gasteiger partial charge in [-0.3, -0.25) is 13.8 Å². The number of anilines is 1. The van der Waals surface area contributed by atoms with Gasteiger partial charge in [-0.05, 0) is 39.2 Å². The van der Waals surface area contributed by atoms with Crippen LogP contribution in [-0.2, 0) is 15.6 Å².